The maximum atomic E-state index is 9.94. The summed E-state index contributed by atoms with van der Waals surface area (Å²) in [6.45, 7) is 1.85. The molecule has 0 atom stereocenters. The maximum Gasteiger partial charge on any atom is 0.120 e. The number of aromatic hydroxyl groups is 1. The zero-order chi connectivity index (χ0) is 13.3. The Morgan fingerprint density at radius 2 is 1.67 bits per heavy atom. The Kier molecular flexibility index (Phi) is 4.06. The van der Waals surface area contributed by atoms with Gasteiger partial charge in [-0.2, -0.15) is 0 Å². The largest absolute Gasteiger partial charge is 0.508 e. The molecule has 0 aliphatic heterocycles. The van der Waals surface area contributed by atoms with E-state index in [1.165, 1.54) is 6.07 Å². The first-order chi connectivity index (χ1) is 8.49. The minimum atomic E-state index is 0.164. The van der Waals surface area contributed by atoms with Crippen molar-refractivity contribution in [3.63, 3.8) is 0 Å². The molecule has 4 heteroatoms. The molecule has 0 amide bonds. The van der Waals surface area contributed by atoms with Gasteiger partial charge in [0.15, 0.2) is 0 Å². The molecule has 0 aliphatic carbocycles. The van der Waals surface area contributed by atoms with E-state index in [0.29, 0.717) is 21.5 Å². The predicted molar refractivity (Wildman–Crippen MR) is 77.1 cm³/mol. The molecule has 0 radical (unpaired) electrons. The van der Waals surface area contributed by atoms with Crippen LogP contribution < -0.4 is 0 Å². The summed E-state index contributed by atoms with van der Waals surface area (Å²) in [6.07, 6.45) is 0.589. The first-order valence-electron chi connectivity index (χ1n) is 5.40. The van der Waals surface area contributed by atoms with Crippen molar-refractivity contribution < 1.29 is 5.11 Å². The molecule has 0 unspecified atom stereocenters. The molecule has 18 heavy (non-hydrogen) atoms. The molecule has 94 valence electrons. The Morgan fingerprint density at radius 3 is 2.28 bits per heavy atom. The number of benzene rings is 2. The normalized spacial score (nSPS) is 10.7. The highest BCUT2D eigenvalue weighted by Gasteiger charge is 2.12. The third-order valence-corrected chi connectivity index (χ3v) is 3.99. The van der Waals surface area contributed by atoms with Crippen LogP contribution in [0.25, 0.3) is 0 Å². The van der Waals surface area contributed by atoms with E-state index < -0.39 is 0 Å². The van der Waals surface area contributed by atoms with Gasteiger partial charge in [0.05, 0.1) is 10.0 Å². The second kappa shape index (κ2) is 5.40. The quantitative estimate of drug-likeness (QED) is 0.803. The van der Waals surface area contributed by atoms with Gasteiger partial charge in [0.25, 0.3) is 0 Å². The van der Waals surface area contributed by atoms with Crippen LogP contribution in [0.2, 0.25) is 15.1 Å². The van der Waals surface area contributed by atoms with Gasteiger partial charge in [-0.1, -0.05) is 46.9 Å². The molecule has 1 nitrogen and oxygen atoms in total. The van der Waals surface area contributed by atoms with E-state index in [9.17, 15) is 5.11 Å². The topological polar surface area (TPSA) is 20.2 Å². The molecule has 0 bridgehead atoms. The van der Waals surface area contributed by atoms with Gasteiger partial charge in [0.2, 0.25) is 0 Å². The average Bonchev–Trinajstić information content (AvgIpc) is 2.34. The number of halogens is 3. The number of rotatable bonds is 2. The standard InChI is InChI=1S/C14H11Cl3O/c1-8-11(13(18)7-12(16)14(8)17)6-9-2-4-10(15)5-3-9/h2-5,7,18H,6H2,1H3. The molecule has 0 spiro atoms. The van der Waals surface area contributed by atoms with Gasteiger partial charge in [-0.15, -0.1) is 0 Å². The number of hydrogen-bond donors (Lipinski definition) is 1. The smallest absolute Gasteiger partial charge is 0.120 e. The van der Waals surface area contributed by atoms with Crippen LogP contribution in [-0.4, -0.2) is 5.11 Å². The Hall–Kier alpha value is -0.890. The fourth-order valence-electron chi connectivity index (χ4n) is 1.80. The van der Waals surface area contributed by atoms with Crippen molar-refractivity contribution in [3.05, 3.63) is 62.1 Å². The average molecular weight is 302 g/mol. The first kappa shape index (κ1) is 13.5. The Labute approximate surface area is 121 Å². The van der Waals surface area contributed by atoms with E-state index in [-0.39, 0.29) is 5.75 Å². The summed E-state index contributed by atoms with van der Waals surface area (Å²) in [4.78, 5) is 0. The number of phenolic OH excluding ortho intramolecular Hbond substituents is 1. The maximum absolute atomic E-state index is 9.94. The fraction of sp³-hybridized carbons (Fsp3) is 0.143. The lowest BCUT2D eigenvalue weighted by atomic mass is 9.99. The van der Waals surface area contributed by atoms with E-state index in [0.717, 1.165) is 16.7 Å². The minimum Gasteiger partial charge on any atom is -0.508 e. The van der Waals surface area contributed by atoms with E-state index in [2.05, 4.69) is 0 Å². The van der Waals surface area contributed by atoms with Crippen LogP contribution in [0.5, 0.6) is 5.75 Å². The summed E-state index contributed by atoms with van der Waals surface area (Å²) in [5.41, 5.74) is 2.64. The van der Waals surface area contributed by atoms with E-state index in [1.807, 2.05) is 31.2 Å². The monoisotopic (exact) mass is 300 g/mol. The van der Waals surface area contributed by atoms with Crippen molar-refractivity contribution in [3.8, 4) is 5.75 Å². The van der Waals surface area contributed by atoms with Gasteiger partial charge < -0.3 is 5.11 Å². The van der Waals surface area contributed by atoms with Crippen LogP contribution in [0.1, 0.15) is 16.7 Å². The summed E-state index contributed by atoms with van der Waals surface area (Å²) in [7, 11) is 0. The molecule has 0 saturated carbocycles. The molecule has 2 rings (SSSR count). The van der Waals surface area contributed by atoms with Crippen molar-refractivity contribution in [2.45, 2.75) is 13.3 Å². The van der Waals surface area contributed by atoms with Gasteiger partial charge in [-0.3, -0.25) is 0 Å². The predicted octanol–water partition coefficient (Wildman–Crippen LogP) is 5.25. The molecule has 0 aromatic heterocycles. The zero-order valence-electron chi connectivity index (χ0n) is 9.67. The highest BCUT2D eigenvalue weighted by molar-refractivity contribution is 6.42. The van der Waals surface area contributed by atoms with Crippen molar-refractivity contribution >= 4 is 34.8 Å². The molecule has 0 saturated heterocycles. The highest BCUT2D eigenvalue weighted by atomic mass is 35.5. The summed E-state index contributed by atoms with van der Waals surface area (Å²) < 4.78 is 0. The van der Waals surface area contributed by atoms with E-state index in [1.54, 1.807) is 0 Å². The van der Waals surface area contributed by atoms with Gasteiger partial charge in [0, 0.05) is 23.1 Å². The third-order valence-electron chi connectivity index (χ3n) is 2.86. The van der Waals surface area contributed by atoms with Crippen LogP contribution in [-0.2, 0) is 6.42 Å². The van der Waals surface area contributed by atoms with Crippen LogP contribution >= 0.6 is 34.8 Å². The lowest BCUT2D eigenvalue weighted by Gasteiger charge is -2.11. The van der Waals surface area contributed by atoms with Crippen LogP contribution in [0, 0.1) is 6.92 Å². The minimum absolute atomic E-state index is 0.164. The van der Waals surface area contributed by atoms with Gasteiger partial charge in [0.1, 0.15) is 5.75 Å². The van der Waals surface area contributed by atoms with E-state index in [4.69, 9.17) is 34.8 Å². The number of hydrogen-bond acceptors (Lipinski definition) is 1. The first-order valence-corrected chi connectivity index (χ1v) is 6.53. The molecule has 2 aromatic carbocycles. The Morgan fingerprint density at radius 1 is 1.06 bits per heavy atom. The molecule has 2 aromatic rings. The zero-order valence-corrected chi connectivity index (χ0v) is 11.9. The van der Waals surface area contributed by atoms with E-state index >= 15 is 0 Å². The van der Waals surface area contributed by atoms with Crippen molar-refractivity contribution in [1.82, 2.24) is 0 Å². The second-order valence-electron chi connectivity index (χ2n) is 4.10. The third kappa shape index (κ3) is 2.74. The molecule has 1 N–H and O–H groups in total. The summed E-state index contributed by atoms with van der Waals surface area (Å²) in [5.74, 6) is 0.164. The van der Waals surface area contributed by atoms with Crippen molar-refractivity contribution in [2.75, 3.05) is 0 Å². The lowest BCUT2D eigenvalue weighted by molar-refractivity contribution is 0.469. The molecule has 0 aliphatic rings. The van der Waals surface area contributed by atoms with Crippen molar-refractivity contribution in [1.29, 1.82) is 0 Å². The SMILES string of the molecule is Cc1c(Cl)c(Cl)cc(O)c1Cc1ccc(Cl)cc1. The summed E-state index contributed by atoms with van der Waals surface area (Å²) >= 11 is 17.8. The second-order valence-corrected chi connectivity index (χ2v) is 5.32. The van der Waals surface area contributed by atoms with Gasteiger partial charge >= 0.3 is 0 Å². The Balaban J connectivity index is 2.40. The summed E-state index contributed by atoms with van der Waals surface area (Å²) in [5, 5.41) is 11.5. The molecular weight excluding hydrogens is 291 g/mol. The van der Waals surface area contributed by atoms with Crippen LogP contribution in [0.4, 0.5) is 0 Å². The molecule has 0 heterocycles. The van der Waals surface area contributed by atoms with Gasteiger partial charge in [-0.25, -0.2) is 0 Å². The van der Waals surface area contributed by atoms with Crippen molar-refractivity contribution in [2.24, 2.45) is 0 Å². The Bertz CT molecular complexity index is 577. The lowest BCUT2D eigenvalue weighted by Crippen LogP contribution is -1.94. The van der Waals surface area contributed by atoms with Gasteiger partial charge in [-0.05, 0) is 30.2 Å². The fourth-order valence-corrected chi connectivity index (χ4v) is 2.34. The van der Waals surface area contributed by atoms with Crippen LogP contribution in [0.3, 0.4) is 0 Å². The highest BCUT2D eigenvalue weighted by Crippen LogP contribution is 2.35. The molecule has 0 fully saturated rings. The summed E-state index contributed by atoms with van der Waals surface area (Å²) in [6, 6.07) is 8.96. The van der Waals surface area contributed by atoms with Crippen LogP contribution in [0.15, 0.2) is 30.3 Å². The molecular formula is C14H11Cl3O. The number of phenols is 1.